The first-order valence-corrected chi connectivity index (χ1v) is 9.02. The second-order valence-electron chi connectivity index (χ2n) is 5.90. The number of benzene rings is 1. The molecule has 0 atom stereocenters. The highest BCUT2D eigenvalue weighted by Gasteiger charge is 2.15. The summed E-state index contributed by atoms with van der Waals surface area (Å²) in [7, 11) is 1.84. The van der Waals surface area contributed by atoms with Crippen LogP contribution in [0.1, 0.15) is 16.9 Å². The number of nitrogens with one attached hydrogen (secondary N) is 1. The van der Waals surface area contributed by atoms with E-state index in [4.69, 9.17) is 4.42 Å². The molecule has 0 aliphatic carbocycles. The number of carbonyl (C=O) groups is 1. The minimum atomic E-state index is -0.271. The summed E-state index contributed by atoms with van der Waals surface area (Å²) in [5.41, 5.74) is 2.18. The minimum absolute atomic E-state index is 0.153. The van der Waals surface area contributed by atoms with Crippen molar-refractivity contribution in [3.8, 4) is 11.4 Å². The van der Waals surface area contributed by atoms with Gasteiger partial charge in [0.15, 0.2) is 11.0 Å². The van der Waals surface area contributed by atoms with Crippen LogP contribution in [0.4, 0.5) is 4.39 Å². The summed E-state index contributed by atoms with van der Waals surface area (Å²) < 4.78 is 20.6. The predicted molar refractivity (Wildman–Crippen MR) is 97.1 cm³/mol. The van der Waals surface area contributed by atoms with Crippen molar-refractivity contribution in [1.82, 2.24) is 20.1 Å². The van der Waals surface area contributed by atoms with Gasteiger partial charge in [-0.1, -0.05) is 23.9 Å². The second-order valence-corrected chi connectivity index (χ2v) is 6.85. The summed E-state index contributed by atoms with van der Waals surface area (Å²) in [6.07, 6.45) is 1.60. The van der Waals surface area contributed by atoms with E-state index >= 15 is 0 Å². The van der Waals surface area contributed by atoms with Gasteiger partial charge in [-0.25, -0.2) is 4.39 Å². The summed E-state index contributed by atoms with van der Waals surface area (Å²) in [4.78, 5) is 12.0. The molecule has 0 radical (unpaired) electrons. The first kappa shape index (κ1) is 18.2. The fraction of sp³-hybridized carbons (Fsp3) is 0.278. The molecule has 136 valence electrons. The summed E-state index contributed by atoms with van der Waals surface area (Å²) in [6, 6.07) is 6.77. The molecule has 0 aliphatic rings. The van der Waals surface area contributed by atoms with E-state index in [1.807, 2.05) is 24.6 Å². The number of nitrogens with zero attached hydrogens (tertiary/aromatic N) is 3. The molecule has 2 heterocycles. The third kappa shape index (κ3) is 3.96. The van der Waals surface area contributed by atoms with Crippen molar-refractivity contribution in [2.24, 2.45) is 7.05 Å². The Morgan fingerprint density at radius 1 is 1.31 bits per heavy atom. The number of hydrogen-bond donors (Lipinski definition) is 1. The van der Waals surface area contributed by atoms with Crippen molar-refractivity contribution in [1.29, 1.82) is 0 Å². The largest absolute Gasteiger partial charge is 0.469 e. The molecule has 26 heavy (non-hydrogen) atoms. The van der Waals surface area contributed by atoms with Crippen molar-refractivity contribution in [3.05, 3.63) is 53.2 Å². The van der Waals surface area contributed by atoms with Crippen LogP contribution in [-0.4, -0.2) is 26.4 Å². The minimum Gasteiger partial charge on any atom is -0.469 e. The summed E-state index contributed by atoms with van der Waals surface area (Å²) in [5, 5.41) is 11.7. The molecule has 0 bridgehead atoms. The Bertz CT molecular complexity index is 935. The quantitative estimate of drug-likeness (QED) is 0.671. The molecule has 8 heteroatoms. The number of hydrogen-bond acceptors (Lipinski definition) is 5. The van der Waals surface area contributed by atoms with Crippen LogP contribution in [0.5, 0.6) is 0 Å². The molecule has 1 N–H and O–H groups in total. The van der Waals surface area contributed by atoms with Gasteiger partial charge in [0.1, 0.15) is 11.6 Å². The highest BCUT2D eigenvalue weighted by atomic mass is 32.2. The summed E-state index contributed by atoms with van der Waals surface area (Å²) >= 11 is 1.29. The number of aryl methyl sites for hydroxylation is 2. The van der Waals surface area contributed by atoms with Gasteiger partial charge in [-0.3, -0.25) is 4.79 Å². The van der Waals surface area contributed by atoms with E-state index in [1.165, 1.54) is 17.8 Å². The van der Waals surface area contributed by atoms with E-state index in [9.17, 15) is 9.18 Å². The van der Waals surface area contributed by atoms with Crippen LogP contribution in [0, 0.1) is 19.7 Å². The Morgan fingerprint density at radius 3 is 2.81 bits per heavy atom. The Labute approximate surface area is 154 Å². The lowest BCUT2D eigenvalue weighted by molar-refractivity contribution is -0.118. The zero-order chi connectivity index (χ0) is 18.7. The summed E-state index contributed by atoms with van der Waals surface area (Å²) in [5.74, 6) is 1.23. The molecule has 3 rings (SSSR count). The molecule has 0 fully saturated rings. The summed E-state index contributed by atoms with van der Waals surface area (Å²) in [6.45, 7) is 3.85. The van der Waals surface area contributed by atoms with Gasteiger partial charge >= 0.3 is 0 Å². The number of halogens is 1. The van der Waals surface area contributed by atoms with Gasteiger partial charge in [0.05, 0.1) is 17.6 Å². The van der Waals surface area contributed by atoms with Crippen molar-refractivity contribution >= 4 is 17.7 Å². The number of furan rings is 1. The fourth-order valence-corrected chi connectivity index (χ4v) is 3.16. The van der Waals surface area contributed by atoms with Crippen molar-refractivity contribution < 1.29 is 13.6 Å². The van der Waals surface area contributed by atoms with Crippen LogP contribution in [0.15, 0.2) is 40.1 Å². The van der Waals surface area contributed by atoms with Crippen molar-refractivity contribution in [2.75, 3.05) is 5.75 Å². The average molecular weight is 374 g/mol. The van der Waals surface area contributed by atoms with Gasteiger partial charge in [-0.2, -0.15) is 0 Å². The van der Waals surface area contributed by atoms with Crippen LogP contribution in [0.2, 0.25) is 0 Å². The van der Waals surface area contributed by atoms with E-state index < -0.39 is 0 Å². The lowest BCUT2D eigenvalue weighted by atomic mass is 10.1. The van der Waals surface area contributed by atoms with Gasteiger partial charge in [-0.05, 0) is 37.1 Å². The molecule has 0 spiro atoms. The standard InChI is InChI=1S/C18H19FN4O2S/c1-11-4-5-13(8-15(11)19)9-20-16(24)10-26-18-22-21-17(23(18)3)14-6-7-25-12(14)2/h4-8H,9-10H2,1-3H3,(H,20,24). The zero-order valence-electron chi connectivity index (χ0n) is 14.7. The molecular formula is C18H19FN4O2S. The average Bonchev–Trinajstić information content (AvgIpc) is 3.19. The van der Waals surface area contributed by atoms with Gasteiger partial charge in [0.2, 0.25) is 5.91 Å². The number of thioether (sulfide) groups is 1. The molecule has 0 saturated carbocycles. The lowest BCUT2D eigenvalue weighted by Gasteiger charge is -2.06. The monoisotopic (exact) mass is 374 g/mol. The normalized spacial score (nSPS) is 10.9. The van der Waals surface area contributed by atoms with Crippen LogP contribution < -0.4 is 5.32 Å². The van der Waals surface area contributed by atoms with Crippen LogP contribution in [0.25, 0.3) is 11.4 Å². The van der Waals surface area contributed by atoms with Gasteiger partial charge in [0, 0.05) is 13.6 Å². The zero-order valence-corrected chi connectivity index (χ0v) is 15.6. The predicted octanol–water partition coefficient (Wildman–Crippen LogP) is 3.24. The first-order valence-electron chi connectivity index (χ1n) is 8.04. The maximum Gasteiger partial charge on any atom is 0.230 e. The topological polar surface area (TPSA) is 73.0 Å². The molecule has 0 aliphatic heterocycles. The van der Waals surface area contributed by atoms with Gasteiger partial charge in [-0.15, -0.1) is 10.2 Å². The maximum absolute atomic E-state index is 13.5. The molecule has 2 aromatic heterocycles. The molecule has 0 saturated heterocycles. The molecule has 0 unspecified atom stereocenters. The maximum atomic E-state index is 13.5. The van der Waals surface area contributed by atoms with Gasteiger partial charge in [0.25, 0.3) is 0 Å². The van der Waals surface area contributed by atoms with Gasteiger partial charge < -0.3 is 14.3 Å². The molecule has 3 aromatic rings. The Hall–Kier alpha value is -2.61. The third-order valence-corrected chi connectivity index (χ3v) is 5.01. The second kappa shape index (κ2) is 7.74. The Kier molecular flexibility index (Phi) is 5.41. The molecular weight excluding hydrogens is 355 g/mol. The first-order chi connectivity index (χ1) is 12.5. The van der Waals surface area contributed by atoms with Crippen molar-refractivity contribution in [3.63, 3.8) is 0 Å². The number of rotatable bonds is 6. The SMILES string of the molecule is Cc1ccc(CNC(=O)CSc2nnc(-c3ccoc3C)n2C)cc1F. The van der Waals surface area contributed by atoms with Crippen LogP contribution in [-0.2, 0) is 18.4 Å². The number of amides is 1. The number of carbonyl (C=O) groups excluding carboxylic acids is 1. The van der Waals surface area contributed by atoms with E-state index in [-0.39, 0.29) is 24.0 Å². The fourth-order valence-electron chi connectivity index (χ4n) is 2.42. The van der Waals surface area contributed by atoms with E-state index in [0.717, 1.165) is 16.9 Å². The highest BCUT2D eigenvalue weighted by Crippen LogP contribution is 2.25. The number of aromatic nitrogens is 3. The highest BCUT2D eigenvalue weighted by molar-refractivity contribution is 7.99. The Balaban J connectivity index is 1.56. The van der Waals surface area contributed by atoms with Crippen molar-refractivity contribution in [2.45, 2.75) is 25.5 Å². The van der Waals surface area contributed by atoms with E-state index in [0.29, 0.717) is 16.5 Å². The van der Waals surface area contributed by atoms with E-state index in [1.54, 1.807) is 25.3 Å². The smallest absolute Gasteiger partial charge is 0.230 e. The van der Waals surface area contributed by atoms with E-state index in [2.05, 4.69) is 15.5 Å². The molecule has 6 nitrogen and oxygen atoms in total. The third-order valence-electron chi connectivity index (χ3n) is 3.99. The lowest BCUT2D eigenvalue weighted by Crippen LogP contribution is -2.24. The Morgan fingerprint density at radius 2 is 2.12 bits per heavy atom. The molecule has 1 aromatic carbocycles. The van der Waals surface area contributed by atoms with Crippen LogP contribution >= 0.6 is 11.8 Å². The molecule has 1 amide bonds. The van der Waals surface area contributed by atoms with Crippen LogP contribution in [0.3, 0.4) is 0 Å².